The average Bonchev–Trinajstić information content (AvgIpc) is 2.72. The van der Waals surface area contributed by atoms with Gasteiger partial charge in [0.05, 0.1) is 5.69 Å². The number of anilines is 1. The predicted molar refractivity (Wildman–Crippen MR) is 67.7 cm³/mol. The van der Waals surface area contributed by atoms with Gasteiger partial charge in [-0.25, -0.2) is 9.48 Å². The number of rotatable bonds is 3. The molecule has 0 aliphatic heterocycles. The first kappa shape index (κ1) is 12.6. The third-order valence-corrected chi connectivity index (χ3v) is 2.40. The van der Waals surface area contributed by atoms with Gasteiger partial charge in [-0.3, -0.25) is 14.7 Å². The molecule has 0 spiro atoms. The molecule has 2 rings (SSSR count). The summed E-state index contributed by atoms with van der Waals surface area (Å²) in [5.41, 5.74) is 0.414. The Morgan fingerprint density at radius 3 is 2.42 bits per heavy atom. The summed E-state index contributed by atoms with van der Waals surface area (Å²) in [5, 5.41) is 14.0. The number of nitrogens with one attached hydrogen (secondary N) is 2. The van der Waals surface area contributed by atoms with Gasteiger partial charge in [0.15, 0.2) is 5.69 Å². The molecule has 2 aromatic rings. The van der Waals surface area contributed by atoms with E-state index in [1.54, 1.807) is 24.3 Å². The van der Waals surface area contributed by atoms with E-state index in [-0.39, 0.29) is 11.6 Å². The highest BCUT2D eigenvalue weighted by Crippen LogP contribution is 2.13. The van der Waals surface area contributed by atoms with Gasteiger partial charge < -0.3 is 10.4 Å². The zero-order valence-corrected chi connectivity index (χ0v) is 10.0. The molecule has 0 bridgehead atoms. The molecule has 0 radical (unpaired) electrons. The molecule has 1 aromatic carbocycles. The van der Waals surface area contributed by atoms with E-state index < -0.39 is 11.5 Å². The van der Waals surface area contributed by atoms with Gasteiger partial charge in [-0.1, -0.05) is 0 Å². The first-order valence-electron chi connectivity index (χ1n) is 5.41. The van der Waals surface area contributed by atoms with Crippen molar-refractivity contribution in [2.24, 2.45) is 0 Å². The van der Waals surface area contributed by atoms with E-state index in [1.807, 2.05) is 0 Å². The minimum Gasteiger partial charge on any atom is -0.477 e. The van der Waals surface area contributed by atoms with E-state index in [0.717, 1.165) is 6.07 Å². The first-order chi connectivity index (χ1) is 8.97. The van der Waals surface area contributed by atoms with Crippen LogP contribution < -0.4 is 10.9 Å². The van der Waals surface area contributed by atoms with E-state index in [2.05, 4.69) is 10.4 Å². The number of carbonyl (C=O) groups is 2. The molecule has 0 atom stereocenters. The smallest absolute Gasteiger partial charge is 0.354 e. The molecule has 0 aliphatic carbocycles. The van der Waals surface area contributed by atoms with Gasteiger partial charge in [-0.2, -0.15) is 0 Å². The fraction of sp³-hybridized carbons (Fsp3) is 0.0833. The maximum Gasteiger partial charge on any atom is 0.354 e. The fourth-order valence-electron chi connectivity index (χ4n) is 1.65. The van der Waals surface area contributed by atoms with Crippen molar-refractivity contribution in [3.63, 3.8) is 0 Å². The number of nitrogens with zero attached hydrogens (tertiary/aromatic N) is 1. The SMILES string of the molecule is CC(=O)Nc1ccc(-n2[nH]c(=O)cc2C(=O)O)cc1. The van der Waals surface area contributed by atoms with Crippen LogP contribution in [0.15, 0.2) is 35.1 Å². The van der Waals surface area contributed by atoms with Crippen LogP contribution in [0.25, 0.3) is 5.69 Å². The molecule has 1 heterocycles. The van der Waals surface area contributed by atoms with E-state index in [4.69, 9.17) is 5.11 Å². The van der Waals surface area contributed by atoms with Gasteiger partial charge in [0.2, 0.25) is 5.91 Å². The molecule has 7 heteroatoms. The van der Waals surface area contributed by atoms with Crippen molar-refractivity contribution < 1.29 is 14.7 Å². The maximum absolute atomic E-state index is 11.2. The van der Waals surface area contributed by atoms with Crippen molar-refractivity contribution in [2.75, 3.05) is 5.32 Å². The van der Waals surface area contributed by atoms with Crippen LogP contribution in [0.4, 0.5) is 5.69 Å². The number of aromatic nitrogens is 2. The highest BCUT2D eigenvalue weighted by Gasteiger charge is 2.13. The third-order valence-electron chi connectivity index (χ3n) is 2.40. The van der Waals surface area contributed by atoms with Crippen LogP contribution in [0.3, 0.4) is 0 Å². The Bertz CT molecular complexity index is 682. The number of aromatic amines is 1. The Morgan fingerprint density at radius 2 is 1.89 bits per heavy atom. The molecule has 0 unspecified atom stereocenters. The van der Waals surface area contributed by atoms with Gasteiger partial charge in [0.1, 0.15) is 0 Å². The number of hydrogen-bond acceptors (Lipinski definition) is 3. The lowest BCUT2D eigenvalue weighted by molar-refractivity contribution is -0.114. The second kappa shape index (κ2) is 4.81. The van der Waals surface area contributed by atoms with E-state index in [1.165, 1.54) is 11.6 Å². The second-order valence-electron chi connectivity index (χ2n) is 3.87. The van der Waals surface area contributed by atoms with Crippen molar-refractivity contribution in [1.29, 1.82) is 0 Å². The molecule has 3 N–H and O–H groups in total. The number of amides is 1. The van der Waals surface area contributed by atoms with E-state index in [9.17, 15) is 14.4 Å². The fourth-order valence-corrected chi connectivity index (χ4v) is 1.65. The van der Waals surface area contributed by atoms with Crippen molar-refractivity contribution in [2.45, 2.75) is 6.92 Å². The van der Waals surface area contributed by atoms with E-state index >= 15 is 0 Å². The summed E-state index contributed by atoms with van der Waals surface area (Å²) in [6, 6.07) is 7.41. The van der Waals surface area contributed by atoms with E-state index in [0.29, 0.717) is 11.4 Å². The minimum atomic E-state index is -1.20. The summed E-state index contributed by atoms with van der Waals surface area (Å²) >= 11 is 0. The van der Waals surface area contributed by atoms with Crippen LogP contribution in [0, 0.1) is 0 Å². The number of benzene rings is 1. The lowest BCUT2D eigenvalue weighted by atomic mass is 10.2. The van der Waals surface area contributed by atoms with Crippen molar-refractivity contribution in [3.8, 4) is 5.69 Å². The molecule has 19 heavy (non-hydrogen) atoms. The number of H-pyrrole nitrogens is 1. The summed E-state index contributed by atoms with van der Waals surface area (Å²) in [6.45, 7) is 1.39. The molecular formula is C12H11N3O4. The predicted octanol–water partition coefficient (Wildman–Crippen LogP) is 0.822. The normalized spacial score (nSPS) is 10.2. The molecule has 0 saturated heterocycles. The highest BCUT2D eigenvalue weighted by molar-refractivity contribution is 5.89. The van der Waals surface area contributed by atoms with Gasteiger partial charge in [0, 0.05) is 18.7 Å². The Hall–Kier alpha value is -2.83. The van der Waals surface area contributed by atoms with Crippen LogP contribution in [0.5, 0.6) is 0 Å². The lowest BCUT2D eigenvalue weighted by Gasteiger charge is -2.07. The number of carboxylic acid groups (broad SMARTS) is 1. The summed E-state index contributed by atoms with van der Waals surface area (Å²) < 4.78 is 1.17. The molecule has 1 amide bonds. The molecule has 98 valence electrons. The van der Waals surface area contributed by atoms with Crippen LogP contribution in [0.2, 0.25) is 0 Å². The number of carbonyl (C=O) groups excluding carboxylic acids is 1. The van der Waals surface area contributed by atoms with Crippen molar-refractivity contribution in [1.82, 2.24) is 9.78 Å². The number of carboxylic acids is 1. The lowest BCUT2D eigenvalue weighted by Crippen LogP contribution is -2.09. The highest BCUT2D eigenvalue weighted by atomic mass is 16.4. The summed E-state index contributed by atoms with van der Waals surface area (Å²) in [5.74, 6) is -1.40. The summed E-state index contributed by atoms with van der Waals surface area (Å²) in [7, 11) is 0. The molecule has 0 fully saturated rings. The quantitative estimate of drug-likeness (QED) is 0.760. The van der Waals surface area contributed by atoms with Gasteiger partial charge in [0.25, 0.3) is 5.56 Å². The third kappa shape index (κ3) is 2.71. The zero-order valence-electron chi connectivity index (χ0n) is 10.0. The van der Waals surface area contributed by atoms with Crippen LogP contribution >= 0.6 is 0 Å². The van der Waals surface area contributed by atoms with Crippen LogP contribution in [0.1, 0.15) is 17.4 Å². The number of aromatic carboxylic acids is 1. The molecule has 0 aliphatic rings. The zero-order chi connectivity index (χ0) is 14.0. The topological polar surface area (TPSA) is 104 Å². The van der Waals surface area contributed by atoms with Crippen LogP contribution in [-0.2, 0) is 4.79 Å². The first-order valence-corrected chi connectivity index (χ1v) is 5.41. The largest absolute Gasteiger partial charge is 0.477 e. The molecule has 1 aromatic heterocycles. The van der Waals surface area contributed by atoms with Crippen molar-refractivity contribution in [3.05, 3.63) is 46.4 Å². The standard InChI is InChI=1S/C12H11N3O4/c1-7(16)13-8-2-4-9(5-3-8)15-10(12(18)19)6-11(17)14-15/h2-6H,1H3,(H,13,16)(H,14,17)(H,18,19). The van der Waals surface area contributed by atoms with Gasteiger partial charge in [-0.15, -0.1) is 0 Å². The molecule has 0 saturated carbocycles. The second-order valence-corrected chi connectivity index (χ2v) is 3.87. The Kier molecular flexibility index (Phi) is 3.19. The minimum absolute atomic E-state index is 0.155. The summed E-state index contributed by atoms with van der Waals surface area (Å²) in [4.78, 5) is 33.1. The maximum atomic E-state index is 11.2. The van der Waals surface area contributed by atoms with Gasteiger partial charge >= 0.3 is 5.97 Å². The summed E-state index contributed by atoms with van der Waals surface area (Å²) in [6.07, 6.45) is 0. The average molecular weight is 261 g/mol. The van der Waals surface area contributed by atoms with Crippen molar-refractivity contribution >= 4 is 17.6 Å². The van der Waals surface area contributed by atoms with Crippen LogP contribution in [-0.4, -0.2) is 26.8 Å². The Labute approximate surface area is 107 Å². The number of hydrogen-bond donors (Lipinski definition) is 3. The van der Waals surface area contributed by atoms with Gasteiger partial charge in [-0.05, 0) is 24.3 Å². The molecular weight excluding hydrogens is 250 g/mol. The molecule has 7 nitrogen and oxygen atoms in total. The monoisotopic (exact) mass is 261 g/mol. The Morgan fingerprint density at radius 1 is 1.26 bits per heavy atom. The Balaban J connectivity index is 2.40.